The average Bonchev–Trinajstić information content (AvgIpc) is 3.07. The molecule has 0 saturated heterocycles. The van der Waals surface area contributed by atoms with Crippen LogP contribution >= 0.6 is 0 Å². The van der Waals surface area contributed by atoms with E-state index in [2.05, 4.69) is 16.2 Å². The summed E-state index contributed by atoms with van der Waals surface area (Å²) in [5.74, 6) is 0.133. The molecule has 1 aromatic heterocycles. The average molecular weight is 261 g/mol. The molecule has 0 spiro atoms. The van der Waals surface area contributed by atoms with E-state index in [1.165, 1.54) is 31.2 Å². The highest BCUT2D eigenvalue weighted by atomic mass is 16.1. The zero-order valence-corrected chi connectivity index (χ0v) is 11.7. The zero-order valence-electron chi connectivity index (χ0n) is 11.7. The molecule has 1 heterocycles. The Bertz CT molecular complexity index is 460. The summed E-state index contributed by atoms with van der Waals surface area (Å²) in [5, 5.41) is 7.92. The van der Waals surface area contributed by atoms with E-state index in [9.17, 15) is 4.79 Å². The normalized spacial score (nSPS) is 23.3. The van der Waals surface area contributed by atoms with Crippen LogP contribution in [0.2, 0.25) is 0 Å². The molecule has 4 heteroatoms. The van der Waals surface area contributed by atoms with Crippen molar-refractivity contribution in [3.63, 3.8) is 0 Å². The second-order valence-electron chi connectivity index (χ2n) is 5.82. The van der Waals surface area contributed by atoms with Gasteiger partial charge >= 0.3 is 0 Å². The third kappa shape index (κ3) is 2.53. The van der Waals surface area contributed by atoms with Crippen LogP contribution in [0.5, 0.6) is 0 Å². The van der Waals surface area contributed by atoms with Gasteiger partial charge < -0.3 is 5.32 Å². The van der Waals surface area contributed by atoms with Crippen LogP contribution in [-0.4, -0.2) is 15.7 Å². The van der Waals surface area contributed by atoms with Gasteiger partial charge in [0.15, 0.2) is 0 Å². The van der Waals surface area contributed by atoms with Gasteiger partial charge in [0.25, 0.3) is 0 Å². The molecule has 19 heavy (non-hydrogen) atoms. The molecule has 1 amide bonds. The fourth-order valence-corrected chi connectivity index (χ4v) is 3.36. The number of nitrogens with one attached hydrogen (secondary N) is 1. The minimum absolute atomic E-state index is 0.133. The van der Waals surface area contributed by atoms with Crippen LogP contribution < -0.4 is 5.32 Å². The molecule has 2 aliphatic rings. The molecule has 1 N–H and O–H groups in total. The van der Waals surface area contributed by atoms with Crippen LogP contribution in [-0.2, 0) is 11.2 Å². The fraction of sp³-hybridized carbons (Fsp3) is 0.733. The Labute approximate surface area is 114 Å². The van der Waals surface area contributed by atoms with Gasteiger partial charge in [-0.15, -0.1) is 0 Å². The summed E-state index contributed by atoms with van der Waals surface area (Å²) in [5.41, 5.74) is 2.47. The van der Waals surface area contributed by atoms with Gasteiger partial charge in [-0.2, -0.15) is 5.10 Å². The maximum absolute atomic E-state index is 11.6. The topological polar surface area (TPSA) is 46.9 Å². The molecule has 1 saturated carbocycles. The molecule has 2 aliphatic carbocycles. The summed E-state index contributed by atoms with van der Waals surface area (Å²) >= 11 is 0. The first-order chi connectivity index (χ1) is 9.28. The van der Waals surface area contributed by atoms with Crippen molar-refractivity contribution in [1.82, 2.24) is 15.1 Å². The van der Waals surface area contributed by atoms with Gasteiger partial charge in [0.2, 0.25) is 5.91 Å². The molecule has 4 nitrogen and oxygen atoms in total. The molecule has 0 radical (unpaired) electrons. The lowest BCUT2D eigenvalue weighted by Gasteiger charge is -2.22. The predicted molar refractivity (Wildman–Crippen MR) is 73.8 cm³/mol. The van der Waals surface area contributed by atoms with Crippen LogP contribution in [0.1, 0.15) is 75.2 Å². The number of amides is 1. The number of rotatable bonds is 3. The van der Waals surface area contributed by atoms with Crippen molar-refractivity contribution < 1.29 is 4.79 Å². The number of nitrogens with zero attached hydrogens (tertiary/aromatic N) is 2. The molecule has 1 atom stereocenters. The number of carbonyl (C=O) groups excluding carboxylic acids is 1. The van der Waals surface area contributed by atoms with E-state index >= 15 is 0 Å². The van der Waals surface area contributed by atoms with Crippen molar-refractivity contribution in [2.75, 3.05) is 0 Å². The van der Waals surface area contributed by atoms with Gasteiger partial charge in [0, 0.05) is 12.6 Å². The Kier molecular flexibility index (Phi) is 3.58. The summed E-state index contributed by atoms with van der Waals surface area (Å²) in [4.78, 5) is 11.6. The van der Waals surface area contributed by atoms with Gasteiger partial charge in [-0.3, -0.25) is 9.48 Å². The highest BCUT2D eigenvalue weighted by Crippen LogP contribution is 2.33. The van der Waals surface area contributed by atoms with Crippen LogP contribution in [0.4, 0.5) is 0 Å². The monoisotopic (exact) mass is 261 g/mol. The maximum Gasteiger partial charge on any atom is 0.220 e. The number of hydrogen-bond acceptors (Lipinski definition) is 2. The Hall–Kier alpha value is -1.32. The van der Waals surface area contributed by atoms with Crippen molar-refractivity contribution in [3.8, 4) is 0 Å². The quantitative estimate of drug-likeness (QED) is 0.909. The van der Waals surface area contributed by atoms with Crippen LogP contribution in [0.3, 0.4) is 0 Å². The van der Waals surface area contributed by atoms with Gasteiger partial charge in [0.1, 0.15) is 0 Å². The van der Waals surface area contributed by atoms with E-state index in [1.807, 2.05) is 6.92 Å². The van der Waals surface area contributed by atoms with Gasteiger partial charge in [-0.1, -0.05) is 19.8 Å². The minimum Gasteiger partial charge on any atom is -0.348 e. The highest BCUT2D eigenvalue weighted by Gasteiger charge is 2.27. The van der Waals surface area contributed by atoms with E-state index in [1.54, 1.807) is 0 Å². The molecule has 1 aromatic rings. The SMILES string of the molecule is CCC(=O)NC1CCCc2cn(C3CCCC3)nc21. The van der Waals surface area contributed by atoms with E-state index in [0.717, 1.165) is 25.0 Å². The van der Waals surface area contributed by atoms with Crippen molar-refractivity contribution in [3.05, 3.63) is 17.5 Å². The first kappa shape index (κ1) is 12.7. The fourth-order valence-electron chi connectivity index (χ4n) is 3.36. The number of aryl methyl sites for hydroxylation is 1. The molecular weight excluding hydrogens is 238 g/mol. The predicted octanol–water partition coefficient (Wildman–Crippen LogP) is 2.90. The van der Waals surface area contributed by atoms with E-state index in [-0.39, 0.29) is 11.9 Å². The summed E-state index contributed by atoms with van der Waals surface area (Å²) in [6.07, 6.45) is 11.2. The summed E-state index contributed by atoms with van der Waals surface area (Å²) in [7, 11) is 0. The number of fused-ring (bicyclic) bond motifs is 1. The van der Waals surface area contributed by atoms with Crippen LogP contribution in [0.25, 0.3) is 0 Å². The van der Waals surface area contributed by atoms with Crippen LogP contribution in [0, 0.1) is 0 Å². The molecule has 0 aliphatic heterocycles. The lowest BCUT2D eigenvalue weighted by Crippen LogP contribution is -2.30. The molecule has 1 unspecified atom stereocenters. The van der Waals surface area contributed by atoms with Gasteiger partial charge in [-0.05, 0) is 37.7 Å². The van der Waals surface area contributed by atoms with Gasteiger partial charge in [-0.25, -0.2) is 0 Å². The molecule has 3 rings (SSSR count). The third-order valence-electron chi connectivity index (χ3n) is 4.46. The largest absolute Gasteiger partial charge is 0.348 e. The minimum atomic E-state index is 0.133. The maximum atomic E-state index is 11.6. The lowest BCUT2D eigenvalue weighted by atomic mass is 9.93. The molecule has 104 valence electrons. The highest BCUT2D eigenvalue weighted by molar-refractivity contribution is 5.76. The molecule has 1 fully saturated rings. The third-order valence-corrected chi connectivity index (χ3v) is 4.46. The Morgan fingerprint density at radius 3 is 2.89 bits per heavy atom. The first-order valence-electron chi connectivity index (χ1n) is 7.65. The number of carbonyl (C=O) groups is 1. The smallest absolute Gasteiger partial charge is 0.220 e. The van der Waals surface area contributed by atoms with Gasteiger partial charge in [0.05, 0.1) is 17.8 Å². The van der Waals surface area contributed by atoms with Crippen LogP contribution in [0.15, 0.2) is 6.20 Å². The van der Waals surface area contributed by atoms with Crippen molar-refractivity contribution in [2.45, 2.75) is 70.4 Å². The Morgan fingerprint density at radius 1 is 1.37 bits per heavy atom. The van der Waals surface area contributed by atoms with E-state index < -0.39 is 0 Å². The van der Waals surface area contributed by atoms with Crippen molar-refractivity contribution in [1.29, 1.82) is 0 Å². The summed E-state index contributed by atoms with van der Waals surface area (Å²) in [6.45, 7) is 1.90. The molecule has 0 bridgehead atoms. The summed E-state index contributed by atoms with van der Waals surface area (Å²) < 4.78 is 2.17. The molecular formula is C15H23N3O. The van der Waals surface area contributed by atoms with Crippen molar-refractivity contribution >= 4 is 5.91 Å². The second kappa shape index (κ2) is 5.35. The second-order valence-corrected chi connectivity index (χ2v) is 5.82. The van der Waals surface area contributed by atoms with Crippen molar-refractivity contribution in [2.24, 2.45) is 0 Å². The molecule has 0 aromatic carbocycles. The van der Waals surface area contributed by atoms with E-state index in [4.69, 9.17) is 5.10 Å². The standard InChI is InChI=1S/C15H23N3O/c1-2-14(19)16-13-9-5-6-11-10-18(17-15(11)13)12-7-3-4-8-12/h10,12-13H,2-9H2,1H3,(H,16,19). The number of aromatic nitrogens is 2. The Morgan fingerprint density at radius 2 is 2.16 bits per heavy atom. The number of hydrogen-bond donors (Lipinski definition) is 1. The Balaban J connectivity index is 1.81. The zero-order chi connectivity index (χ0) is 13.2. The first-order valence-corrected chi connectivity index (χ1v) is 7.65. The lowest BCUT2D eigenvalue weighted by molar-refractivity contribution is -0.121. The summed E-state index contributed by atoms with van der Waals surface area (Å²) in [6, 6.07) is 0.729. The van der Waals surface area contributed by atoms with E-state index in [0.29, 0.717) is 12.5 Å².